The van der Waals surface area contributed by atoms with Crippen molar-refractivity contribution in [2.45, 2.75) is 5.41 Å². The van der Waals surface area contributed by atoms with Crippen LogP contribution in [0.2, 0.25) is 0 Å². The highest BCUT2D eigenvalue weighted by Crippen LogP contribution is 2.57. The minimum Gasteiger partial charge on any atom is -0.211 e. The Hall–Kier alpha value is -4.49. The number of fused-ring (bicyclic) bond motifs is 10. The molecule has 8 rings (SSSR count). The fraction of sp³-hybridized carbons (Fsp3) is 0.0294. The Morgan fingerprint density at radius 2 is 1.34 bits per heavy atom. The SMILES string of the molecule is C1=CC2(c3ccccc31)c1ccccc1-c1cc(-c3[nH+]ccc4c3ccc3ccccc34)ccc12. The predicted octanol–water partition coefficient (Wildman–Crippen LogP) is 7.82. The van der Waals surface area contributed by atoms with Crippen molar-refractivity contribution >= 4 is 27.6 Å². The first-order valence-electron chi connectivity index (χ1n) is 12.2. The Morgan fingerprint density at radius 3 is 2.31 bits per heavy atom. The number of H-pyrrole nitrogens is 1. The number of aromatic amines is 1. The Morgan fingerprint density at radius 1 is 0.543 bits per heavy atom. The van der Waals surface area contributed by atoms with Crippen LogP contribution in [0.15, 0.2) is 121 Å². The molecule has 0 radical (unpaired) electrons. The summed E-state index contributed by atoms with van der Waals surface area (Å²) >= 11 is 0. The second kappa shape index (κ2) is 6.77. The zero-order valence-corrected chi connectivity index (χ0v) is 19.1. The first-order chi connectivity index (χ1) is 17.3. The third kappa shape index (κ3) is 2.40. The minimum absolute atomic E-state index is 0.209. The van der Waals surface area contributed by atoms with E-state index in [0.717, 1.165) is 5.69 Å². The molecule has 1 heterocycles. The highest BCUT2D eigenvalue weighted by Gasteiger charge is 2.45. The molecule has 1 atom stereocenters. The first kappa shape index (κ1) is 18.9. The van der Waals surface area contributed by atoms with Crippen LogP contribution in [0.3, 0.4) is 0 Å². The fourth-order valence-corrected chi connectivity index (χ4v) is 6.47. The predicted molar refractivity (Wildman–Crippen MR) is 144 cm³/mol. The van der Waals surface area contributed by atoms with Crippen LogP contribution >= 0.6 is 0 Å². The van der Waals surface area contributed by atoms with Gasteiger partial charge in [-0.25, -0.2) is 4.98 Å². The van der Waals surface area contributed by atoms with Gasteiger partial charge in [-0.3, -0.25) is 0 Å². The van der Waals surface area contributed by atoms with Gasteiger partial charge in [0.25, 0.3) is 0 Å². The fourth-order valence-electron chi connectivity index (χ4n) is 6.47. The first-order valence-corrected chi connectivity index (χ1v) is 12.2. The summed E-state index contributed by atoms with van der Waals surface area (Å²) in [6.45, 7) is 0. The quantitative estimate of drug-likeness (QED) is 0.230. The van der Waals surface area contributed by atoms with E-state index in [0.29, 0.717) is 0 Å². The molecule has 1 heteroatoms. The van der Waals surface area contributed by atoms with E-state index in [1.54, 1.807) is 0 Å². The molecule has 0 aliphatic heterocycles. The third-order valence-electron chi connectivity index (χ3n) is 7.99. The highest BCUT2D eigenvalue weighted by molar-refractivity contribution is 6.10. The van der Waals surface area contributed by atoms with Crippen molar-refractivity contribution in [3.8, 4) is 22.4 Å². The molecule has 0 bridgehead atoms. The molecule has 6 aromatic rings. The number of benzene rings is 5. The summed E-state index contributed by atoms with van der Waals surface area (Å²) < 4.78 is 0. The molecular formula is C34H22N+. The summed E-state index contributed by atoms with van der Waals surface area (Å²) in [6, 6.07) is 40.1. The topological polar surface area (TPSA) is 14.1 Å². The van der Waals surface area contributed by atoms with Crippen molar-refractivity contribution in [3.05, 3.63) is 144 Å². The van der Waals surface area contributed by atoms with Gasteiger partial charge in [0.15, 0.2) is 6.20 Å². The summed E-state index contributed by atoms with van der Waals surface area (Å²) in [4.78, 5) is 3.57. The summed E-state index contributed by atoms with van der Waals surface area (Å²) in [5, 5.41) is 5.09. The smallest absolute Gasteiger partial charge is 0.211 e. The molecule has 0 saturated carbocycles. The molecule has 0 amide bonds. The van der Waals surface area contributed by atoms with Crippen LogP contribution in [0, 0.1) is 0 Å². The maximum Gasteiger partial charge on any atom is 0.218 e. The summed E-state index contributed by atoms with van der Waals surface area (Å²) in [5.41, 5.74) is 10.3. The standard InChI is InChI=1S/C34H21N/c1-3-9-25-22(7-1)13-15-28-26(25)18-20-35-33(28)24-14-16-32-29(21-24)27-10-4-6-12-31(27)34(32)19-17-23-8-2-5-11-30(23)34/h1-21H/p+1. The molecule has 1 unspecified atom stereocenters. The Kier molecular flexibility index (Phi) is 3.65. The van der Waals surface area contributed by atoms with E-state index in [9.17, 15) is 0 Å². The van der Waals surface area contributed by atoms with Crippen LogP contribution in [0.4, 0.5) is 0 Å². The number of allylic oxidation sites excluding steroid dienone is 1. The van der Waals surface area contributed by atoms with Gasteiger partial charge in [0.05, 0.1) is 10.8 Å². The lowest BCUT2D eigenvalue weighted by Crippen LogP contribution is -2.22. The number of nitrogens with one attached hydrogen (secondary N) is 1. The number of aromatic nitrogens is 1. The van der Waals surface area contributed by atoms with E-state index >= 15 is 0 Å². The van der Waals surface area contributed by atoms with Gasteiger partial charge in [-0.1, -0.05) is 97.1 Å². The Balaban J connectivity index is 1.40. The van der Waals surface area contributed by atoms with Gasteiger partial charge in [-0.2, -0.15) is 0 Å². The lowest BCUT2D eigenvalue weighted by molar-refractivity contribution is -0.362. The lowest BCUT2D eigenvalue weighted by Gasteiger charge is -2.27. The largest absolute Gasteiger partial charge is 0.218 e. The van der Waals surface area contributed by atoms with Crippen LogP contribution in [0.1, 0.15) is 22.3 Å². The third-order valence-corrected chi connectivity index (χ3v) is 7.99. The molecule has 1 spiro atoms. The summed E-state index contributed by atoms with van der Waals surface area (Å²) in [5.74, 6) is 0. The molecule has 0 fully saturated rings. The molecular weight excluding hydrogens is 422 g/mol. The zero-order chi connectivity index (χ0) is 23.0. The molecule has 0 saturated heterocycles. The number of rotatable bonds is 1. The van der Waals surface area contributed by atoms with E-state index in [2.05, 4.69) is 133 Å². The van der Waals surface area contributed by atoms with E-state index < -0.39 is 0 Å². The van der Waals surface area contributed by atoms with Gasteiger partial charge in [-0.05, 0) is 62.4 Å². The summed E-state index contributed by atoms with van der Waals surface area (Å²) in [6.07, 6.45) is 6.76. The second-order valence-corrected chi connectivity index (χ2v) is 9.64. The molecule has 162 valence electrons. The van der Waals surface area contributed by atoms with E-state index in [4.69, 9.17) is 0 Å². The molecule has 2 aliphatic rings. The maximum atomic E-state index is 3.57. The van der Waals surface area contributed by atoms with Crippen LogP contribution in [-0.4, -0.2) is 0 Å². The van der Waals surface area contributed by atoms with E-state index in [1.165, 1.54) is 60.5 Å². The molecule has 1 aromatic heterocycles. The van der Waals surface area contributed by atoms with Crippen LogP contribution < -0.4 is 4.98 Å². The Labute approximate surface area is 204 Å². The average Bonchev–Trinajstić information content (AvgIpc) is 3.45. The van der Waals surface area contributed by atoms with Gasteiger partial charge in [0, 0.05) is 17.0 Å². The molecule has 1 N–H and O–H groups in total. The van der Waals surface area contributed by atoms with E-state index in [1.807, 2.05) is 0 Å². The van der Waals surface area contributed by atoms with Crippen molar-refractivity contribution < 1.29 is 4.98 Å². The Bertz CT molecular complexity index is 1860. The van der Waals surface area contributed by atoms with Gasteiger partial charge >= 0.3 is 0 Å². The molecule has 2 aliphatic carbocycles. The van der Waals surface area contributed by atoms with Crippen LogP contribution in [-0.2, 0) is 5.41 Å². The van der Waals surface area contributed by atoms with Crippen molar-refractivity contribution in [2.75, 3.05) is 0 Å². The lowest BCUT2D eigenvalue weighted by atomic mass is 9.74. The van der Waals surface area contributed by atoms with Crippen molar-refractivity contribution in [2.24, 2.45) is 0 Å². The molecule has 35 heavy (non-hydrogen) atoms. The minimum atomic E-state index is -0.209. The normalized spacial score (nSPS) is 17.1. The van der Waals surface area contributed by atoms with E-state index in [-0.39, 0.29) is 5.41 Å². The molecule has 5 aromatic carbocycles. The van der Waals surface area contributed by atoms with Gasteiger partial charge in [0.1, 0.15) is 0 Å². The van der Waals surface area contributed by atoms with Crippen molar-refractivity contribution in [1.82, 2.24) is 0 Å². The number of pyridine rings is 1. The van der Waals surface area contributed by atoms with Gasteiger partial charge < -0.3 is 0 Å². The van der Waals surface area contributed by atoms with Crippen LogP contribution in [0.25, 0.3) is 50.0 Å². The summed E-state index contributed by atoms with van der Waals surface area (Å²) in [7, 11) is 0. The van der Waals surface area contributed by atoms with Crippen molar-refractivity contribution in [1.29, 1.82) is 0 Å². The second-order valence-electron chi connectivity index (χ2n) is 9.64. The average molecular weight is 445 g/mol. The molecule has 1 nitrogen and oxygen atoms in total. The highest BCUT2D eigenvalue weighted by atomic mass is 14.7. The maximum absolute atomic E-state index is 3.57. The van der Waals surface area contributed by atoms with Gasteiger partial charge in [0.2, 0.25) is 5.69 Å². The monoisotopic (exact) mass is 444 g/mol. The van der Waals surface area contributed by atoms with Gasteiger partial charge in [-0.15, -0.1) is 0 Å². The zero-order valence-electron chi connectivity index (χ0n) is 19.1. The van der Waals surface area contributed by atoms with Crippen LogP contribution in [0.5, 0.6) is 0 Å². The number of hydrogen-bond acceptors (Lipinski definition) is 0. The number of hydrogen-bond donors (Lipinski definition) is 0. The van der Waals surface area contributed by atoms with Crippen molar-refractivity contribution in [3.63, 3.8) is 0 Å².